The van der Waals surface area contributed by atoms with Crippen molar-refractivity contribution in [3.63, 3.8) is 0 Å². The number of esters is 1. The van der Waals surface area contributed by atoms with Crippen molar-refractivity contribution in [1.82, 2.24) is 5.43 Å². The molecule has 0 radical (unpaired) electrons. The van der Waals surface area contributed by atoms with E-state index in [1.807, 2.05) is 0 Å². The summed E-state index contributed by atoms with van der Waals surface area (Å²) in [6.07, 6.45) is 1.15. The Morgan fingerprint density at radius 2 is 2.03 bits per heavy atom. The molecular weight excluding hydrogens is 446 g/mol. The summed E-state index contributed by atoms with van der Waals surface area (Å²) in [4.78, 5) is 34.0. The molecule has 9 nitrogen and oxygen atoms in total. The highest BCUT2D eigenvalue weighted by molar-refractivity contribution is 9.10. The first-order valence-electron chi connectivity index (χ1n) is 8.53. The maximum Gasteiger partial charge on any atom is 0.344 e. The summed E-state index contributed by atoms with van der Waals surface area (Å²) >= 11 is 3.33. The van der Waals surface area contributed by atoms with Crippen LogP contribution in [0.2, 0.25) is 0 Å². The van der Waals surface area contributed by atoms with Gasteiger partial charge in [0.2, 0.25) is 5.91 Å². The Balaban J connectivity index is 2.02. The van der Waals surface area contributed by atoms with E-state index in [1.54, 1.807) is 31.2 Å². The lowest BCUT2D eigenvalue weighted by atomic mass is 10.1. The summed E-state index contributed by atoms with van der Waals surface area (Å²) in [6, 6.07) is 11.1. The Hall–Kier alpha value is -3.27. The number of benzene rings is 2. The van der Waals surface area contributed by atoms with Crippen LogP contribution in [0, 0.1) is 10.1 Å². The van der Waals surface area contributed by atoms with Gasteiger partial charge < -0.3 is 9.47 Å². The maximum absolute atomic E-state index is 12.1. The average Bonchev–Trinajstić information content (AvgIpc) is 2.68. The van der Waals surface area contributed by atoms with Gasteiger partial charge in [0.15, 0.2) is 6.61 Å². The van der Waals surface area contributed by atoms with Gasteiger partial charge in [0, 0.05) is 21.7 Å². The number of rotatable bonds is 9. The molecule has 0 atom stereocenters. The monoisotopic (exact) mass is 463 g/mol. The number of ether oxygens (including phenoxy) is 2. The van der Waals surface area contributed by atoms with E-state index in [4.69, 9.17) is 9.47 Å². The van der Waals surface area contributed by atoms with Crippen LogP contribution >= 0.6 is 15.9 Å². The van der Waals surface area contributed by atoms with Gasteiger partial charge in [-0.3, -0.25) is 14.9 Å². The third kappa shape index (κ3) is 7.00. The van der Waals surface area contributed by atoms with E-state index in [-0.39, 0.29) is 30.9 Å². The van der Waals surface area contributed by atoms with Crippen LogP contribution in [0.5, 0.6) is 5.75 Å². The number of carbonyl (C=O) groups excluding carboxylic acids is 2. The smallest absolute Gasteiger partial charge is 0.344 e. The largest absolute Gasteiger partial charge is 0.481 e. The van der Waals surface area contributed by atoms with Gasteiger partial charge in [-0.15, -0.1) is 0 Å². The quantitative estimate of drug-likeness (QED) is 0.264. The number of halogens is 1. The molecule has 1 amide bonds. The number of nitrogens with one attached hydrogen (secondary N) is 1. The normalized spacial score (nSPS) is 10.6. The van der Waals surface area contributed by atoms with Crippen molar-refractivity contribution in [3.8, 4) is 5.75 Å². The van der Waals surface area contributed by atoms with Gasteiger partial charge in [-0.2, -0.15) is 5.10 Å². The predicted molar refractivity (Wildman–Crippen MR) is 109 cm³/mol. The van der Waals surface area contributed by atoms with Crippen LogP contribution in [0.25, 0.3) is 0 Å². The first-order valence-corrected chi connectivity index (χ1v) is 9.32. The lowest BCUT2D eigenvalue weighted by molar-refractivity contribution is -0.385. The van der Waals surface area contributed by atoms with Crippen LogP contribution in [0.15, 0.2) is 52.0 Å². The van der Waals surface area contributed by atoms with Crippen molar-refractivity contribution in [1.29, 1.82) is 0 Å². The molecule has 2 aromatic carbocycles. The zero-order chi connectivity index (χ0) is 21.2. The number of nitro benzene ring substituents is 1. The molecule has 2 rings (SSSR count). The summed E-state index contributed by atoms with van der Waals surface area (Å²) in [5.41, 5.74) is 2.98. The van der Waals surface area contributed by atoms with Crippen LogP contribution in [-0.2, 0) is 20.7 Å². The predicted octanol–water partition coefficient (Wildman–Crippen LogP) is 2.99. The van der Waals surface area contributed by atoms with Crippen molar-refractivity contribution in [2.75, 3.05) is 13.2 Å². The minimum atomic E-state index is -0.541. The summed E-state index contributed by atoms with van der Waals surface area (Å²) in [6.45, 7) is 1.69. The van der Waals surface area contributed by atoms with E-state index in [2.05, 4.69) is 26.5 Å². The second-order valence-corrected chi connectivity index (χ2v) is 6.55. The van der Waals surface area contributed by atoms with Crippen molar-refractivity contribution in [2.24, 2.45) is 5.10 Å². The van der Waals surface area contributed by atoms with Gasteiger partial charge in [-0.25, -0.2) is 10.2 Å². The Morgan fingerprint density at radius 1 is 1.28 bits per heavy atom. The Labute approximate surface area is 175 Å². The first-order chi connectivity index (χ1) is 13.9. The highest BCUT2D eigenvalue weighted by atomic mass is 79.9. The van der Waals surface area contributed by atoms with E-state index in [1.165, 1.54) is 24.4 Å². The van der Waals surface area contributed by atoms with Crippen LogP contribution in [0.1, 0.15) is 18.1 Å². The summed E-state index contributed by atoms with van der Waals surface area (Å²) < 4.78 is 11.0. The third-order valence-electron chi connectivity index (χ3n) is 3.55. The highest BCUT2D eigenvalue weighted by Crippen LogP contribution is 2.22. The molecule has 0 aliphatic rings. The topological polar surface area (TPSA) is 120 Å². The van der Waals surface area contributed by atoms with Crippen molar-refractivity contribution in [2.45, 2.75) is 13.3 Å². The van der Waals surface area contributed by atoms with Crippen LogP contribution in [-0.4, -0.2) is 36.2 Å². The fourth-order valence-electron chi connectivity index (χ4n) is 2.32. The van der Waals surface area contributed by atoms with Crippen LogP contribution in [0.3, 0.4) is 0 Å². The van der Waals surface area contributed by atoms with E-state index >= 15 is 0 Å². The maximum atomic E-state index is 12.1. The lowest BCUT2D eigenvalue weighted by Crippen LogP contribution is -2.20. The fraction of sp³-hybridized carbons (Fsp3) is 0.211. The number of hydrogen-bond acceptors (Lipinski definition) is 7. The fourth-order valence-corrected chi connectivity index (χ4v) is 2.69. The average molecular weight is 464 g/mol. The number of para-hydroxylation sites is 1. The molecular formula is C19H18BrN3O6. The lowest BCUT2D eigenvalue weighted by Gasteiger charge is -2.09. The van der Waals surface area contributed by atoms with Gasteiger partial charge in [-0.05, 0) is 25.1 Å². The van der Waals surface area contributed by atoms with Gasteiger partial charge in [0.1, 0.15) is 5.75 Å². The molecule has 0 aliphatic carbocycles. The van der Waals surface area contributed by atoms with Gasteiger partial charge in [-0.1, -0.05) is 34.1 Å². The highest BCUT2D eigenvalue weighted by Gasteiger charge is 2.15. The molecule has 0 fully saturated rings. The zero-order valence-electron chi connectivity index (χ0n) is 15.5. The molecule has 0 spiro atoms. The van der Waals surface area contributed by atoms with Crippen molar-refractivity contribution < 1.29 is 24.0 Å². The zero-order valence-corrected chi connectivity index (χ0v) is 17.0. The Kier molecular flexibility index (Phi) is 8.28. The third-order valence-corrected chi connectivity index (χ3v) is 4.05. The summed E-state index contributed by atoms with van der Waals surface area (Å²) in [5.74, 6) is -0.645. The Morgan fingerprint density at radius 3 is 2.76 bits per heavy atom. The summed E-state index contributed by atoms with van der Waals surface area (Å²) in [5, 5.41) is 14.9. The standard InChI is InChI=1S/C19H18BrN3O6/c1-2-28-19(25)12-29-17-8-7-15(20)9-14(17)11-21-22-18(24)10-13-5-3-4-6-16(13)23(26)27/h3-9,11H,2,10,12H2,1H3,(H,22,24)/b21-11+. The molecule has 152 valence electrons. The number of nitrogens with zero attached hydrogens (tertiary/aromatic N) is 2. The number of amides is 1. The Bertz CT molecular complexity index is 932. The minimum Gasteiger partial charge on any atom is -0.481 e. The van der Waals surface area contributed by atoms with Gasteiger partial charge in [0.25, 0.3) is 5.69 Å². The number of carbonyl (C=O) groups is 2. The summed E-state index contributed by atoms with van der Waals surface area (Å²) in [7, 11) is 0. The molecule has 0 saturated carbocycles. The molecule has 10 heteroatoms. The van der Waals surface area contributed by atoms with Crippen molar-refractivity contribution in [3.05, 3.63) is 68.2 Å². The van der Waals surface area contributed by atoms with Gasteiger partial charge in [0.05, 0.1) is 24.2 Å². The van der Waals surface area contributed by atoms with Crippen molar-refractivity contribution >= 4 is 39.7 Å². The van der Waals surface area contributed by atoms with Gasteiger partial charge >= 0.3 is 5.97 Å². The number of hydrazone groups is 1. The van der Waals surface area contributed by atoms with E-state index in [0.717, 1.165) is 4.47 Å². The molecule has 1 N–H and O–H groups in total. The minimum absolute atomic E-state index is 0.131. The second-order valence-electron chi connectivity index (χ2n) is 5.63. The molecule has 0 aromatic heterocycles. The first kappa shape index (κ1) is 22.0. The molecule has 0 unspecified atom stereocenters. The van der Waals surface area contributed by atoms with E-state index < -0.39 is 16.8 Å². The second kappa shape index (κ2) is 10.9. The van der Waals surface area contributed by atoms with Crippen LogP contribution in [0.4, 0.5) is 5.69 Å². The molecule has 0 heterocycles. The van der Waals surface area contributed by atoms with E-state index in [0.29, 0.717) is 11.3 Å². The molecule has 29 heavy (non-hydrogen) atoms. The molecule has 0 bridgehead atoms. The van der Waals surface area contributed by atoms with Crippen LogP contribution < -0.4 is 10.2 Å². The molecule has 0 saturated heterocycles. The number of hydrogen-bond donors (Lipinski definition) is 1. The SMILES string of the molecule is CCOC(=O)COc1ccc(Br)cc1/C=N/NC(=O)Cc1ccccc1[N+](=O)[O-]. The molecule has 0 aliphatic heterocycles. The molecule has 2 aromatic rings. The number of nitro groups is 1. The van der Waals surface area contributed by atoms with E-state index in [9.17, 15) is 19.7 Å².